The van der Waals surface area contributed by atoms with Crippen LogP contribution in [0, 0.1) is 6.92 Å². The molecule has 0 bridgehead atoms. The molecule has 15 heavy (non-hydrogen) atoms. The maximum Gasteiger partial charge on any atom is 0.224 e. The van der Waals surface area contributed by atoms with Crippen molar-refractivity contribution in [1.29, 1.82) is 0 Å². The van der Waals surface area contributed by atoms with Gasteiger partial charge >= 0.3 is 0 Å². The van der Waals surface area contributed by atoms with E-state index in [-0.39, 0.29) is 5.28 Å². The second-order valence-corrected chi connectivity index (χ2v) is 4.48. The number of aromatic nitrogens is 3. The van der Waals surface area contributed by atoms with Crippen molar-refractivity contribution in [3.8, 4) is 0 Å². The zero-order valence-electron chi connectivity index (χ0n) is 8.08. The van der Waals surface area contributed by atoms with Crippen LogP contribution in [0.1, 0.15) is 5.69 Å². The van der Waals surface area contributed by atoms with Crippen LogP contribution in [0.4, 0.5) is 0 Å². The van der Waals surface area contributed by atoms with Gasteiger partial charge in [-0.3, -0.25) is 0 Å². The maximum absolute atomic E-state index is 6.07. The normalized spacial score (nSPS) is 10.9. The summed E-state index contributed by atoms with van der Waals surface area (Å²) in [6.45, 7) is 1.88. The quantitative estimate of drug-likeness (QED) is 0.447. The minimum Gasteiger partial charge on any atom is -0.249 e. The Morgan fingerprint density at radius 1 is 1.13 bits per heavy atom. The molecular formula is C9H7Cl2N3S. The predicted molar refractivity (Wildman–Crippen MR) is 63.9 cm³/mol. The van der Waals surface area contributed by atoms with Crippen LogP contribution in [0.15, 0.2) is 11.1 Å². The van der Waals surface area contributed by atoms with Gasteiger partial charge in [0.1, 0.15) is 16.1 Å². The molecule has 0 aliphatic heterocycles. The average Bonchev–Trinajstić information content (AvgIpc) is 2.18. The molecule has 2 aromatic rings. The van der Waals surface area contributed by atoms with Crippen molar-refractivity contribution in [3.05, 3.63) is 22.1 Å². The zero-order valence-corrected chi connectivity index (χ0v) is 10.4. The third-order valence-electron chi connectivity index (χ3n) is 1.87. The molecule has 0 unspecified atom stereocenters. The van der Waals surface area contributed by atoms with E-state index in [1.54, 1.807) is 6.07 Å². The lowest BCUT2D eigenvalue weighted by molar-refractivity contribution is 1.07. The number of hydrogen-bond donors (Lipinski definition) is 0. The third kappa shape index (κ3) is 2.02. The lowest BCUT2D eigenvalue weighted by Gasteiger charge is -2.05. The first kappa shape index (κ1) is 10.9. The van der Waals surface area contributed by atoms with Crippen LogP contribution in [0.3, 0.4) is 0 Å². The van der Waals surface area contributed by atoms with E-state index >= 15 is 0 Å². The summed E-state index contributed by atoms with van der Waals surface area (Å²) in [5.74, 6) is 0. The summed E-state index contributed by atoms with van der Waals surface area (Å²) in [6.07, 6.45) is 1.91. The van der Waals surface area contributed by atoms with E-state index in [1.165, 1.54) is 11.8 Å². The van der Waals surface area contributed by atoms with Crippen LogP contribution >= 0.6 is 35.0 Å². The zero-order chi connectivity index (χ0) is 11.0. The first-order chi connectivity index (χ1) is 7.11. The average molecular weight is 260 g/mol. The van der Waals surface area contributed by atoms with Crippen molar-refractivity contribution in [2.24, 2.45) is 0 Å². The largest absolute Gasteiger partial charge is 0.249 e. The molecule has 0 N–H and O–H groups in total. The number of hydrogen-bond acceptors (Lipinski definition) is 4. The van der Waals surface area contributed by atoms with Crippen molar-refractivity contribution in [1.82, 2.24) is 15.0 Å². The molecule has 0 fully saturated rings. The van der Waals surface area contributed by atoms with E-state index in [1.807, 2.05) is 13.2 Å². The summed E-state index contributed by atoms with van der Waals surface area (Å²) in [4.78, 5) is 12.5. The lowest BCUT2D eigenvalue weighted by Crippen LogP contribution is -1.94. The molecule has 0 amide bonds. The van der Waals surface area contributed by atoms with Gasteiger partial charge in [-0.1, -0.05) is 11.6 Å². The maximum atomic E-state index is 6.07. The summed E-state index contributed by atoms with van der Waals surface area (Å²) < 4.78 is 0. The fourth-order valence-corrected chi connectivity index (χ4v) is 2.30. The van der Waals surface area contributed by atoms with Crippen LogP contribution in [0.2, 0.25) is 10.3 Å². The van der Waals surface area contributed by atoms with Gasteiger partial charge in [-0.05, 0) is 30.8 Å². The second kappa shape index (κ2) is 4.12. The Hall–Kier alpha value is -0.580. The van der Waals surface area contributed by atoms with Crippen LogP contribution in [0.5, 0.6) is 0 Å². The van der Waals surface area contributed by atoms with Gasteiger partial charge in [0.05, 0.1) is 5.02 Å². The van der Waals surface area contributed by atoms with E-state index in [4.69, 9.17) is 23.2 Å². The van der Waals surface area contributed by atoms with Crippen molar-refractivity contribution >= 4 is 46.0 Å². The second-order valence-electron chi connectivity index (χ2n) is 2.94. The molecule has 2 rings (SSSR count). The van der Waals surface area contributed by atoms with Crippen molar-refractivity contribution < 1.29 is 0 Å². The molecular weight excluding hydrogens is 253 g/mol. The summed E-state index contributed by atoms with van der Waals surface area (Å²) in [7, 11) is 0. The smallest absolute Gasteiger partial charge is 0.224 e. The summed E-state index contributed by atoms with van der Waals surface area (Å²) >= 11 is 13.3. The van der Waals surface area contributed by atoms with E-state index in [0.29, 0.717) is 16.1 Å². The number of aryl methyl sites for hydroxylation is 1. The molecule has 0 aliphatic carbocycles. The molecule has 0 spiro atoms. The van der Waals surface area contributed by atoms with Crippen molar-refractivity contribution in [2.45, 2.75) is 11.9 Å². The lowest BCUT2D eigenvalue weighted by atomic mass is 10.3. The Balaban J connectivity index is 2.89. The number of fused-ring (bicyclic) bond motifs is 1. The highest BCUT2D eigenvalue weighted by Gasteiger charge is 2.10. The van der Waals surface area contributed by atoms with E-state index in [2.05, 4.69) is 15.0 Å². The highest BCUT2D eigenvalue weighted by molar-refractivity contribution is 7.98. The van der Waals surface area contributed by atoms with Crippen LogP contribution in [-0.4, -0.2) is 21.2 Å². The van der Waals surface area contributed by atoms with Gasteiger partial charge in [-0.2, -0.15) is 0 Å². The van der Waals surface area contributed by atoms with Gasteiger partial charge in [0, 0.05) is 5.69 Å². The summed E-state index contributed by atoms with van der Waals surface area (Å²) in [6, 6.07) is 1.76. The fourth-order valence-electron chi connectivity index (χ4n) is 1.28. The van der Waals surface area contributed by atoms with Gasteiger partial charge in [-0.15, -0.1) is 11.8 Å². The van der Waals surface area contributed by atoms with Crippen molar-refractivity contribution in [3.63, 3.8) is 0 Å². The number of nitrogens with zero attached hydrogens (tertiary/aromatic N) is 3. The number of thioether (sulfide) groups is 1. The minimum absolute atomic E-state index is 0.194. The Labute approximate surface area is 101 Å². The molecule has 6 heteroatoms. The van der Waals surface area contributed by atoms with Gasteiger partial charge in [0.25, 0.3) is 0 Å². The number of halogens is 2. The highest BCUT2D eigenvalue weighted by atomic mass is 35.5. The SMILES string of the molecule is CSc1nc(Cl)nc2c(Cl)cc(C)nc12. The Kier molecular flexibility index (Phi) is 3.00. The molecule has 2 aromatic heterocycles. The first-order valence-electron chi connectivity index (χ1n) is 4.16. The van der Waals surface area contributed by atoms with E-state index < -0.39 is 0 Å². The standard InChI is InChI=1S/C9H7Cl2N3S/c1-4-3-5(10)6-7(12-4)8(15-2)14-9(11)13-6/h3H,1-2H3. The van der Waals surface area contributed by atoms with Crippen molar-refractivity contribution in [2.75, 3.05) is 6.26 Å². The number of pyridine rings is 1. The summed E-state index contributed by atoms with van der Waals surface area (Å²) in [5.41, 5.74) is 2.15. The third-order valence-corrected chi connectivity index (χ3v) is 3.00. The van der Waals surface area contributed by atoms with Crippen LogP contribution in [0.25, 0.3) is 11.0 Å². The molecule has 2 heterocycles. The molecule has 0 aliphatic rings. The number of rotatable bonds is 1. The van der Waals surface area contributed by atoms with Crippen LogP contribution in [-0.2, 0) is 0 Å². The molecule has 0 radical (unpaired) electrons. The molecule has 0 aromatic carbocycles. The molecule has 0 saturated heterocycles. The van der Waals surface area contributed by atoms with Gasteiger partial charge < -0.3 is 0 Å². The Morgan fingerprint density at radius 2 is 1.87 bits per heavy atom. The minimum atomic E-state index is 0.194. The Morgan fingerprint density at radius 3 is 2.53 bits per heavy atom. The topological polar surface area (TPSA) is 38.7 Å². The first-order valence-corrected chi connectivity index (χ1v) is 6.14. The van der Waals surface area contributed by atoms with Gasteiger partial charge in [0.15, 0.2) is 0 Å². The predicted octanol–water partition coefficient (Wildman–Crippen LogP) is 3.36. The van der Waals surface area contributed by atoms with Gasteiger partial charge in [0.2, 0.25) is 5.28 Å². The van der Waals surface area contributed by atoms with E-state index in [9.17, 15) is 0 Å². The molecule has 0 atom stereocenters. The van der Waals surface area contributed by atoms with E-state index in [0.717, 1.165) is 10.7 Å². The highest BCUT2D eigenvalue weighted by Crippen LogP contribution is 2.28. The monoisotopic (exact) mass is 259 g/mol. The molecule has 78 valence electrons. The molecule has 3 nitrogen and oxygen atoms in total. The fraction of sp³-hybridized carbons (Fsp3) is 0.222. The molecule has 0 saturated carbocycles. The summed E-state index contributed by atoms with van der Waals surface area (Å²) in [5, 5.41) is 1.49. The van der Waals surface area contributed by atoms with Gasteiger partial charge in [-0.25, -0.2) is 15.0 Å². The van der Waals surface area contributed by atoms with Crippen LogP contribution < -0.4 is 0 Å². The Bertz CT molecular complexity index is 530.